The van der Waals surface area contributed by atoms with Crippen LogP contribution in [0.1, 0.15) is 22.2 Å². The Kier molecular flexibility index (Phi) is 5.29. The van der Waals surface area contributed by atoms with Gasteiger partial charge in [0.25, 0.3) is 5.91 Å². The molecule has 178 valence electrons. The number of aliphatic hydroxyl groups is 1. The van der Waals surface area contributed by atoms with Gasteiger partial charge in [0.1, 0.15) is 11.4 Å². The summed E-state index contributed by atoms with van der Waals surface area (Å²) in [5.41, 5.74) is 1.12. The number of aromatic nitrogens is 2. The third-order valence-corrected chi connectivity index (χ3v) is 7.34. The number of fused-ring (bicyclic) bond motifs is 2. The summed E-state index contributed by atoms with van der Waals surface area (Å²) < 4.78 is 20.2. The summed E-state index contributed by atoms with van der Waals surface area (Å²) in [6.45, 7) is 0. The van der Waals surface area contributed by atoms with E-state index in [1.807, 2.05) is 0 Å². The van der Waals surface area contributed by atoms with Crippen LogP contribution in [0.2, 0.25) is 10.0 Å². The van der Waals surface area contributed by atoms with Crippen LogP contribution in [-0.4, -0.2) is 26.8 Å². The Morgan fingerprint density at radius 3 is 2.67 bits per heavy atom. The maximum absolute atomic E-state index is 14.0. The van der Waals surface area contributed by atoms with Crippen molar-refractivity contribution in [2.75, 3.05) is 4.90 Å². The van der Waals surface area contributed by atoms with E-state index in [4.69, 9.17) is 27.6 Å². The molecule has 0 bridgehead atoms. The Morgan fingerprint density at radius 1 is 1.11 bits per heavy atom. The van der Waals surface area contributed by atoms with Crippen molar-refractivity contribution in [3.63, 3.8) is 0 Å². The summed E-state index contributed by atoms with van der Waals surface area (Å²) in [6, 6.07) is 11.2. The summed E-state index contributed by atoms with van der Waals surface area (Å²) in [7, 11) is 0. The summed E-state index contributed by atoms with van der Waals surface area (Å²) in [5.74, 6) is -2.93. The zero-order chi connectivity index (χ0) is 25.1. The quantitative estimate of drug-likeness (QED) is 0.256. The SMILES string of the molecule is O=C(C1=C(O)C(=O)N(c2nc3cc(Cl)c(F)cc3s2)C1c1ccncc1)c1cc2cc(Cl)ccc2o1. The number of benzene rings is 2. The minimum Gasteiger partial charge on any atom is -0.503 e. The Labute approximate surface area is 216 Å². The van der Waals surface area contributed by atoms with Gasteiger partial charge in [-0.2, -0.15) is 0 Å². The summed E-state index contributed by atoms with van der Waals surface area (Å²) in [4.78, 5) is 36.6. The van der Waals surface area contributed by atoms with Crippen molar-refractivity contribution >= 4 is 72.5 Å². The number of Topliss-reactive ketones (excluding diaryl/α,β-unsaturated/α-hetero) is 1. The van der Waals surface area contributed by atoms with Crippen LogP contribution in [-0.2, 0) is 4.79 Å². The van der Waals surface area contributed by atoms with Gasteiger partial charge in [0.2, 0.25) is 5.78 Å². The van der Waals surface area contributed by atoms with Crippen LogP contribution in [0.4, 0.5) is 9.52 Å². The number of hydrogen-bond donors (Lipinski definition) is 1. The number of anilines is 1. The molecule has 1 aliphatic rings. The molecule has 7 nitrogen and oxygen atoms in total. The third kappa shape index (κ3) is 3.55. The smallest absolute Gasteiger partial charge is 0.296 e. The molecule has 2 aromatic carbocycles. The molecule has 0 fully saturated rings. The molecule has 6 rings (SSSR count). The van der Waals surface area contributed by atoms with Gasteiger partial charge in [-0.15, -0.1) is 0 Å². The van der Waals surface area contributed by atoms with E-state index >= 15 is 0 Å². The van der Waals surface area contributed by atoms with E-state index in [0.29, 0.717) is 31.8 Å². The van der Waals surface area contributed by atoms with Gasteiger partial charge >= 0.3 is 0 Å². The van der Waals surface area contributed by atoms with Gasteiger partial charge in [0, 0.05) is 22.8 Å². The third-order valence-electron chi connectivity index (χ3n) is 5.80. The number of nitrogens with zero attached hydrogens (tertiary/aromatic N) is 3. The molecule has 1 atom stereocenters. The van der Waals surface area contributed by atoms with Gasteiger partial charge < -0.3 is 9.52 Å². The number of thiazole rings is 1. The van der Waals surface area contributed by atoms with E-state index < -0.39 is 29.3 Å². The predicted molar refractivity (Wildman–Crippen MR) is 134 cm³/mol. The molecule has 1 N–H and O–H groups in total. The number of aliphatic hydroxyl groups excluding tert-OH is 1. The van der Waals surface area contributed by atoms with Crippen molar-refractivity contribution in [2.24, 2.45) is 0 Å². The minimum absolute atomic E-state index is 0.0688. The molecule has 3 aromatic heterocycles. The molecule has 5 aromatic rings. The van der Waals surface area contributed by atoms with Gasteiger partial charge in [-0.1, -0.05) is 34.5 Å². The van der Waals surface area contributed by atoms with Gasteiger partial charge in [0.15, 0.2) is 16.7 Å². The first kappa shape index (κ1) is 22.7. The van der Waals surface area contributed by atoms with Gasteiger partial charge in [0.05, 0.1) is 26.9 Å². The second-order valence-corrected chi connectivity index (χ2v) is 9.83. The van der Waals surface area contributed by atoms with Crippen molar-refractivity contribution in [3.8, 4) is 0 Å². The Hall–Kier alpha value is -3.79. The van der Waals surface area contributed by atoms with Crippen LogP contribution in [0.3, 0.4) is 0 Å². The lowest BCUT2D eigenvalue weighted by Crippen LogP contribution is -2.30. The molecule has 1 amide bonds. The Morgan fingerprint density at radius 2 is 1.89 bits per heavy atom. The molecule has 0 spiro atoms. The van der Waals surface area contributed by atoms with E-state index in [1.54, 1.807) is 30.3 Å². The molecule has 0 aliphatic carbocycles. The number of halogens is 3. The van der Waals surface area contributed by atoms with Crippen molar-refractivity contribution in [1.29, 1.82) is 0 Å². The van der Waals surface area contributed by atoms with Crippen LogP contribution in [0.25, 0.3) is 21.2 Å². The molecule has 11 heteroatoms. The van der Waals surface area contributed by atoms with Crippen LogP contribution in [0, 0.1) is 5.82 Å². The normalized spacial score (nSPS) is 16.0. The molecule has 0 saturated heterocycles. The van der Waals surface area contributed by atoms with Crippen molar-refractivity contribution in [3.05, 3.63) is 99.4 Å². The number of furan rings is 1. The average Bonchev–Trinajstić information content (AvgIpc) is 3.53. The van der Waals surface area contributed by atoms with E-state index in [1.165, 1.54) is 35.5 Å². The highest BCUT2D eigenvalue weighted by Gasteiger charge is 2.46. The fourth-order valence-electron chi connectivity index (χ4n) is 4.17. The number of amides is 1. The first-order valence-corrected chi connectivity index (χ1v) is 12.0. The fraction of sp³-hybridized carbons (Fsp3) is 0.0400. The highest BCUT2D eigenvalue weighted by molar-refractivity contribution is 7.22. The Bertz CT molecular complexity index is 1710. The zero-order valence-corrected chi connectivity index (χ0v) is 20.2. The fourth-order valence-corrected chi connectivity index (χ4v) is 5.51. The molecule has 0 saturated carbocycles. The van der Waals surface area contributed by atoms with Gasteiger partial charge in [-0.25, -0.2) is 9.37 Å². The maximum Gasteiger partial charge on any atom is 0.296 e. The largest absolute Gasteiger partial charge is 0.503 e. The second-order valence-electron chi connectivity index (χ2n) is 7.97. The van der Waals surface area contributed by atoms with Crippen LogP contribution >= 0.6 is 34.5 Å². The van der Waals surface area contributed by atoms with Gasteiger partial charge in [-0.05, 0) is 54.1 Å². The van der Waals surface area contributed by atoms with Crippen LogP contribution < -0.4 is 4.90 Å². The topological polar surface area (TPSA) is 96.5 Å². The van der Waals surface area contributed by atoms with Crippen LogP contribution in [0.5, 0.6) is 0 Å². The number of carbonyl (C=O) groups is 2. The number of hydrogen-bond acceptors (Lipinski definition) is 7. The van der Waals surface area contributed by atoms with Crippen molar-refractivity contribution in [1.82, 2.24) is 9.97 Å². The molecular formula is C25H12Cl2FN3O4S. The second kappa shape index (κ2) is 8.41. The highest BCUT2D eigenvalue weighted by Crippen LogP contribution is 2.44. The van der Waals surface area contributed by atoms with E-state index in [9.17, 15) is 19.1 Å². The van der Waals surface area contributed by atoms with Gasteiger partial charge in [-0.3, -0.25) is 19.5 Å². The lowest BCUT2D eigenvalue weighted by molar-refractivity contribution is -0.117. The lowest BCUT2D eigenvalue weighted by Gasteiger charge is -2.24. The van der Waals surface area contributed by atoms with E-state index in [-0.39, 0.29) is 21.5 Å². The summed E-state index contributed by atoms with van der Waals surface area (Å²) in [5, 5.41) is 12.0. The van der Waals surface area contributed by atoms with Crippen molar-refractivity contribution in [2.45, 2.75) is 6.04 Å². The van der Waals surface area contributed by atoms with E-state index in [0.717, 1.165) is 11.3 Å². The number of rotatable bonds is 4. The standard InChI is InChI=1S/C25H12Cl2FN3O4S/c26-13-1-2-17-12(7-13)8-18(35-17)22(32)20-21(11-3-5-29-6-4-11)31(24(34)23(20)33)25-30-16-9-14(27)15(28)10-19(16)36-25/h1-10,21,33H. The molecule has 1 aliphatic heterocycles. The zero-order valence-electron chi connectivity index (χ0n) is 17.9. The highest BCUT2D eigenvalue weighted by atomic mass is 35.5. The van der Waals surface area contributed by atoms with E-state index in [2.05, 4.69) is 9.97 Å². The molecule has 36 heavy (non-hydrogen) atoms. The molecule has 0 radical (unpaired) electrons. The van der Waals surface area contributed by atoms with Crippen molar-refractivity contribution < 1.29 is 23.5 Å². The average molecular weight is 540 g/mol. The predicted octanol–water partition coefficient (Wildman–Crippen LogP) is 6.67. The first-order valence-electron chi connectivity index (χ1n) is 10.5. The molecular weight excluding hydrogens is 528 g/mol. The van der Waals surface area contributed by atoms with Crippen LogP contribution in [0.15, 0.2) is 76.7 Å². The number of pyridine rings is 1. The maximum atomic E-state index is 14.0. The monoisotopic (exact) mass is 539 g/mol. The summed E-state index contributed by atoms with van der Waals surface area (Å²) >= 11 is 13.0. The summed E-state index contributed by atoms with van der Waals surface area (Å²) in [6.07, 6.45) is 3.01. The molecule has 4 heterocycles. The minimum atomic E-state index is -1.04. The Balaban J connectivity index is 1.50. The first-order chi connectivity index (χ1) is 17.3. The molecule has 1 unspecified atom stereocenters. The number of carbonyl (C=O) groups excluding carboxylic acids is 2. The lowest BCUT2D eigenvalue weighted by atomic mass is 9.96. The number of ketones is 1.